The third-order valence-corrected chi connectivity index (χ3v) is 2.51. The van der Waals surface area contributed by atoms with Crippen LogP contribution >= 0.6 is 0 Å². The van der Waals surface area contributed by atoms with Gasteiger partial charge in [0.25, 0.3) is 0 Å². The second-order valence-corrected chi connectivity index (χ2v) is 3.81. The summed E-state index contributed by atoms with van der Waals surface area (Å²) in [5.74, 6) is 0.918. The molecule has 1 saturated heterocycles. The minimum Gasteiger partial charge on any atom is -0.391 e. The Morgan fingerprint density at radius 3 is 2.93 bits per heavy atom. The molecule has 1 aromatic rings. The number of aliphatic hydroxyl groups is 1. The monoisotopic (exact) mass is 193 g/mol. The van der Waals surface area contributed by atoms with E-state index in [1.54, 1.807) is 6.20 Å². The number of aliphatic hydroxyl groups excluding tert-OH is 1. The maximum atomic E-state index is 9.43. The van der Waals surface area contributed by atoms with Gasteiger partial charge in [-0.2, -0.15) is 0 Å². The van der Waals surface area contributed by atoms with Gasteiger partial charge in [0, 0.05) is 19.3 Å². The average molecular weight is 193 g/mol. The molecule has 0 unspecified atom stereocenters. The zero-order chi connectivity index (χ0) is 10.1. The fourth-order valence-corrected chi connectivity index (χ4v) is 1.76. The maximum Gasteiger partial charge on any atom is 0.150 e. The van der Waals surface area contributed by atoms with Gasteiger partial charge in [-0.25, -0.2) is 4.98 Å². The van der Waals surface area contributed by atoms with Gasteiger partial charge in [0.2, 0.25) is 0 Å². The van der Waals surface area contributed by atoms with E-state index >= 15 is 0 Å². The Morgan fingerprint density at radius 1 is 1.50 bits per heavy atom. The van der Waals surface area contributed by atoms with E-state index in [9.17, 15) is 5.11 Å². The van der Waals surface area contributed by atoms with Crippen LogP contribution in [-0.4, -0.2) is 34.3 Å². The van der Waals surface area contributed by atoms with Crippen molar-refractivity contribution in [2.24, 2.45) is 0 Å². The summed E-state index contributed by atoms with van der Waals surface area (Å²) in [7, 11) is 0. The molecule has 0 aromatic carbocycles. The lowest BCUT2D eigenvalue weighted by molar-refractivity contribution is 0.198. The van der Waals surface area contributed by atoms with Gasteiger partial charge in [0.05, 0.1) is 17.5 Å². The molecule has 0 bridgehead atoms. The van der Waals surface area contributed by atoms with E-state index < -0.39 is 0 Å². The predicted molar refractivity (Wildman–Crippen MR) is 54.3 cm³/mol. The highest BCUT2D eigenvalue weighted by Crippen LogP contribution is 2.20. The Hall–Kier alpha value is -1.16. The molecule has 2 heterocycles. The molecule has 0 radical (unpaired) electrons. The first-order valence-electron chi connectivity index (χ1n) is 4.90. The van der Waals surface area contributed by atoms with Crippen molar-refractivity contribution in [3.63, 3.8) is 0 Å². The molecule has 1 aliphatic rings. The van der Waals surface area contributed by atoms with E-state index in [1.807, 2.05) is 13.8 Å². The molecule has 0 spiro atoms. The van der Waals surface area contributed by atoms with Gasteiger partial charge >= 0.3 is 0 Å². The predicted octanol–water partition coefficient (Wildman–Crippen LogP) is 0.664. The lowest BCUT2D eigenvalue weighted by Gasteiger charge is -2.18. The fourth-order valence-electron chi connectivity index (χ4n) is 1.76. The molecule has 1 aromatic heterocycles. The third-order valence-electron chi connectivity index (χ3n) is 2.51. The smallest absolute Gasteiger partial charge is 0.150 e. The van der Waals surface area contributed by atoms with Gasteiger partial charge in [0.15, 0.2) is 0 Å². The topological polar surface area (TPSA) is 49.2 Å². The Morgan fingerprint density at radius 2 is 2.29 bits per heavy atom. The molecule has 2 rings (SSSR count). The molecule has 1 fully saturated rings. The van der Waals surface area contributed by atoms with Crippen molar-refractivity contribution in [1.29, 1.82) is 0 Å². The summed E-state index contributed by atoms with van der Waals surface area (Å²) in [5.41, 5.74) is 1.86. The summed E-state index contributed by atoms with van der Waals surface area (Å²) >= 11 is 0. The summed E-state index contributed by atoms with van der Waals surface area (Å²) in [6, 6.07) is 0. The van der Waals surface area contributed by atoms with Crippen LogP contribution in [0, 0.1) is 13.8 Å². The van der Waals surface area contributed by atoms with Crippen LogP contribution in [-0.2, 0) is 0 Å². The zero-order valence-corrected chi connectivity index (χ0v) is 8.56. The van der Waals surface area contributed by atoms with Gasteiger partial charge in [-0.1, -0.05) is 0 Å². The lowest BCUT2D eigenvalue weighted by Crippen LogP contribution is -2.23. The van der Waals surface area contributed by atoms with Crippen LogP contribution in [0.4, 0.5) is 5.82 Å². The van der Waals surface area contributed by atoms with Gasteiger partial charge in [-0.15, -0.1) is 0 Å². The standard InChI is InChI=1S/C10H15N3O/c1-7-5-11-8(2)10(12-7)13-4-3-9(14)6-13/h5,9,14H,3-4,6H2,1-2H3/t9-/m0/s1. The summed E-state index contributed by atoms with van der Waals surface area (Å²) < 4.78 is 0. The number of hydrogen-bond donors (Lipinski definition) is 1. The molecule has 4 heteroatoms. The SMILES string of the molecule is Cc1cnc(C)c(N2CC[C@H](O)C2)n1. The molecule has 76 valence electrons. The molecule has 14 heavy (non-hydrogen) atoms. The highest BCUT2D eigenvalue weighted by atomic mass is 16.3. The number of aromatic nitrogens is 2. The first kappa shape index (κ1) is 9.40. The van der Waals surface area contributed by atoms with Crippen LogP contribution in [0.25, 0.3) is 0 Å². The van der Waals surface area contributed by atoms with Crippen molar-refractivity contribution >= 4 is 5.82 Å². The minimum atomic E-state index is -0.211. The number of anilines is 1. The van der Waals surface area contributed by atoms with E-state index in [0.717, 1.165) is 30.2 Å². The number of hydrogen-bond acceptors (Lipinski definition) is 4. The van der Waals surface area contributed by atoms with Crippen LogP contribution in [0.3, 0.4) is 0 Å². The van der Waals surface area contributed by atoms with Crippen LogP contribution in [0.1, 0.15) is 17.8 Å². The molecular weight excluding hydrogens is 178 g/mol. The van der Waals surface area contributed by atoms with Crippen molar-refractivity contribution < 1.29 is 5.11 Å². The average Bonchev–Trinajstić information content (AvgIpc) is 2.56. The highest BCUT2D eigenvalue weighted by molar-refractivity contribution is 5.44. The highest BCUT2D eigenvalue weighted by Gasteiger charge is 2.22. The van der Waals surface area contributed by atoms with Gasteiger partial charge in [-0.05, 0) is 20.3 Å². The van der Waals surface area contributed by atoms with E-state index in [2.05, 4.69) is 14.9 Å². The van der Waals surface area contributed by atoms with Crippen LogP contribution < -0.4 is 4.90 Å². The van der Waals surface area contributed by atoms with Crippen LogP contribution in [0.2, 0.25) is 0 Å². The lowest BCUT2D eigenvalue weighted by atomic mass is 10.3. The molecule has 1 aliphatic heterocycles. The van der Waals surface area contributed by atoms with Crippen molar-refractivity contribution in [1.82, 2.24) is 9.97 Å². The van der Waals surface area contributed by atoms with Crippen molar-refractivity contribution in [2.75, 3.05) is 18.0 Å². The molecule has 0 aliphatic carbocycles. The fraction of sp³-hybridized carbons (Fsp3) is 0.600. The third kappa shape index (κ3) is 1.70. The minimum absolute atomic E-state index is 0.211. The van der Waals surface area contributed by atoms with Gasteiger partial charge in [0.1, 0.15) is 5.82 Å². The summed E-state index contributed by atoms with van der Waals surface area (Å²) in [5, 5.41) is 9.43. The van der Waals surface area contributed by atoms with Crippen LogP contribution in [0.5, 0.6) is 0 Å². The first-order chi connectivity index (χ1) is 6.66. The Kier molecular flexibility index (Phi) is 2.37. The molecule has 0 amide bonds. The summed E-state index contributed by atoms with van der Waals surface area (Å²) in [4.78, 5) is 10.8. The van der Waals surface area contributed by atoms with E-state index in [0.29, 0.717) is 6.54 Å². The Bertz CT molecular complexity index is 340. The maximum absolute atomic E-state index is 9.43. The second-order valence-electron chi connectivity index (χ2n) is 3.81. The van der Waals surface area contributed by atoms with E-state index in [4.69, 9.17) is 0 Å². The number of β-amino-alcohol motifs (C(OH)–C–C–N with tert-alkyl or cyclic N) is 1. The van der Waals surface area contributed by atoms with E-state index in [-0.39, 0.29) is 6.10 Å². The van der Waals surface area contributed by atoms with E-state index in [1.165, 1.54) is 0 Å². The summed E-state index contributed by atoms with van der Waals surface area (Å²) in [6.45, 7) is 5.44. The van der Waals surface area contributed by atoms with Crippen molar-refractivity contribution in [3.8, 4) is 0 Å². The summed E-state index contributed by atoms with van der Waals surface area (Å²) in [6.07, 6.45) is 2.39. The quantitative estimate of drug-likeness (QED) is 0.712. The van der Waals surface area contributed by atoms with Gasteiger partial charge in [-0.3, -0.25) is 4.98 Å². The van der Waals surface area contributed by atoms with Crippen LogP contribution in [0.15, 0.2) is 6.20 Å². The largest absolute Gasteiger partial charge is 0.391 e. The molecule has 1 N–H and O–H groups in total. The second kappa shape index (κ2) is 3.53. The zero-order valence-electron chi connectivity index (χ0n) is 8.56. The molecule has 4 nitrogen and oxygen atoms in total. The number of rotatable bonds is 1. The van der Waals surface area contributed by atoms with Crippen molar-refractivity contribution in [3.05, 3.63) is 17.6 Å². The Balaban J connectivity index is 2.27. The molecule has 0 saturated carbocycles. The first-order valence-corrected chi connectivity index (χ1v) is 4.90. The van der Waals surface area contributed by atoms with Gasteiger partial charge < -0.3 is 10.0 Å². The number of aryl methyl sites for hydroxylation is 2. The van der Waals surface area contributed by atoms with Crippen molar-refractivity contribution in [2.45, 2.75) is 26.4 Å². The number of nitrogens with zero attached hydrogens (tertiary/aromatic N) is 3. The molecule has 1 atom stereocenters. The Labute approximate surface area is 83.6 Å². The molecular formula is C10H15N3O. The normalized spacial score (nSPS) is 21.6.